The molecule has 1 aromatic rings. The first-order valence-electron chi connectivity index (χ1n) is 8.40. The number of nitrogens with zero attached hydrogens (tertiary/aromatic N) is 2. The summed E-state index contributed by atoms with van der Waals surface area (Å²) < 4.78 is 1.80. The quantitative estimate of drug-likeness (QED) is 0.853. The molecule has 1 aromatic heterocycles. The van der Waals surface area contributed by atoms with Crippen molar-refractivity contribution in [1.82, 2.24) is 9.55 Å². The average Bonchev–Trinajstić information content (AvgIpc) is 2.37. The molecule has 0 spiro atoms. The van der Waals surface area contributed by atoms with Gasteiger partial charge in [-0.05, 0) is 38.5 Å². The lowest BCUT2D eigenvalue weighted by Gasteiger charge is -2.33. The second-order valence-corrected chi connectivity index (χ2v) is 8.60. The average molecular weight is 323 g/mol. The summed E-state index contributed by atoms with van der Waals surface area (Å²) in [5, 5.41) is 0. The van der Waals surface area contributed by atoms with E-state index >= 15 is 0 Å². The molecule has 0 aliphatic carbocycles. The fourth-order valence-corrected chi connectivity index (χ4v) is 3.20. The van der Waals surface area contributed by atoms with Crippen molar-refractivity contribution in [1.29, 1.82) is 0 Å². The van der Waals surface area contributed by atoms with Crippen molar-refractivity contribution in [3.8, 4) is 5.88 Å². The van der Waals surface area contributed by atoms with E-state index in [-0.39, 0.29) is 34.2 Å². The molecule has 0 amide bonds. The van der Waals surface area contributed by atoms with Crippen LogP contribution >= 0.6 is 0 Å². The van der Waals surface area contributed by atoms with E-state index in [2.05, 4.69) is 32.7 Å². The van der Waals surface area contributed by atoms with Gasteiger partial charge in [-0.3, -0.25) is 9.36 Å². The second-order valence-electron chi connectivity index (χ2n) is 8.60. The van der Waals surface area contributed by atoms with Crippen molar-refractivity contribution < 1.29 is 4.84 Å². The number of aromatic nitrogens is 2. The lowest BCUT2D eigenvalue weighted by Crippen LogP contribution is -2.41. The maximum absolute atomic E-state index is 13.4. The van der Waals surface area contributed by atoms with Crippen molar-refractivity contribution in [3.63, 3.8) is 0 Å². The summed E-state index contributed by atoms with van der Waals surface area (Å²) in [5.74, 6) is 6.56. The molecule has 0 radical (unpaired) electrons. The first kappa shape index (κ1) is 19.7. The van der Waals surface area contributed by atoms with E-state index in [1.807, 2.05) is 34.6 Å². The number of hydrogen-bond donors (Lipinski definition) is 1. The molecular weight excluding hydrogens is 290 g/mol. The minimum absolute atomic E-state index is 0.0239. The van der Waals surface area contributed by atoms with Gasteiger partial charge in [0.05, 0.1) is 5.56 Å². The Bertz CT molecular complexity index is 604. The first-order chi connectivity index (χ1) is 10.4. The standard InChI is InChI=1S/C18H33N3O2/c1-10-12(17(4,5)6)13-15(23-19)20-14(11(2)3)21(16(13)22)18(7,8)9/h11-12H,10,19H2,1-9H3. The topological polar surface area (TPSA) is 70.1 Å². The monoisotopic (exact) mass is 323 g/mol. The molecule has 5 nitrogen and oxygen atoms in total. The molecule has 0 aromatic carbocycles. The van der Waals surface area contributed by atoms with Gasteiger partial charge < -0.3 is 4.84 Å². The van der Waals surface area contributed by atoms with Gasteiger partial charge in [0.15, 0.2) is 0 Å². The Morgan fingerprint density at radius 2 is 1.70 bits per heavy atom. The van der Waals surface area contributed by atoms with Crippen LogP contribution in [0.4, 0.5) is 0 Å². The highest BCUT2D eigenvalue weighted by atomic mass is 16.6. The SMILES string of the molecule is CCC(c1c(ON)nc(C(C)C)n(C(C)(C)C)c1=O)C(C)(C)C. The van der Waals surface area contributed by atoms with Crippen LogP contribution in [0, 0.1) is 5.41 Å². The summed E-state index contributed by atoms with van der Waals surface area (Å²) in [6.45, 7) is 18.5. The predicted octanol–water partition coefficient (Wildman–Crippen LogP) is 3.91. The van der Waals surface area contributed by atoms with Crippen LogP contribution in [0.5, 0.6) is 5.88 Å². The predicted molar refractivity (Wildman–Crippen MR) is 94.9 cm³/mol. The largest absolute Gasteiger partial charge is 0.391 e. The number of nitrogens with two attached hydrogens (primary N) is 1. The molecule has 0 fully saturated rings. The van der Waals surface area contributed by atoms with Crippen molar-refractivity contribution in [2.75, 3.05) is 0 Å². The van der Waals surface area contributed by atoms with E-state index in [4.69, 9.17) is 10.7 Å². The highest BCUT2D eigenvalue weighted by Gasteiger charge is 2.34. The molecule has 0 saturated carbocycles. The van der Waals surface area contributed by atoms with Crippen molar-refractivity contribution in [2.24, 2.45) is 11.3 Å². The molecule has 0 aliphatic rings. The Hall–Kier alpha value is -1.36. The van der Waals surface area contributed by atoms with Crippen molar-refractivity contribution >= 4 is 0 Å². The van der Waals surface area contributed by atoms with Crippen LogP contribution in [-0.4, -0.2) is 9.55 Å². The fraction of sp³-hybridized carbons (Fsp3) is 0.778. The summed E-state index contributed by atoms with van der Waals surface area (Å²) in [4.78, 5) is 23.0. The fourth-order valence-electron chi connectivity index (χ4n) is 3.20. The minimum Gasteiger partial charge on any atom is -0.391 e. The summed E-state index contributed by atoms with van der Waals surface area (Å²) in [6, 6.07) is 0. The van der Waals surface area contributed by atoms with Gasteiger partial charge in [-0.1, -0.05) is 41.5 Å². The first-order valence-corrected chi connectivity index (χ1v) is 8.40. The highest BCUT2D eigenvalue weighted by molar-refractivity contribution is 5.31. The third-order valence-electron chi connectivity index (χ3n) is 4.21. The second kappa shape index (κ2) is 6.63. The van der Waals surface area contributed by atoms with Crippen LogP contribution in [0.15, 0.2) is 4.79 Å². The van der Waals surface area contributed by atoms with Crippen molar-refractivity contribution in [3.05, 3.63) is 21.7 Å². The Labute approximate surface area is 140 Å². The molecule has 1 atom stereocenters. The summed E-state index contributed by atoms with van der Waals surface area (Å²) in [6.07, 6.45) is 0.821. The van der Waals surface area contributed by atoms with Crippen LogP contribution in [-0.2, 0) is 5.54 Å². The van der Waals surface area contributed by atoms with E-state index < -0.39 is 0 Å². The molecule has 1 unspecified atom stereocenters. The molecule has 1 rings (SSSR count). The molecule has 23 heavy (non-hydrogen) atoms. The molecule has 0 saturated heterocycles. The highest BCUT2D eigenvalue weighted by Crippen LogP contribution is 2.39. The molecular formula is C18H33N3O2. The van der Waals surface area contributed by atoms with Crippen LogP contribution in [0.2, 0.25) is 0 Å². The molecule has 5 heteroatoms. The summed E-state index contributed by atoms with van der Waals surface area (Å²) in [7, 11) is 0. The zero-order valence-corrected chi connectivity index (χ0v) is 16.2. The van der Waals surface area contributed by atoms with Gasteiger partial charge in [0.25, 0.3) is 5.56 Å². The third kappa shape index (κ3) is 3.94. The van der Waals surface area contributed by atoms with E-state index in [1.54, 1.807) is 4.57 Å². The molecule has 0 aliphatic heterocycles. The van der Waals surface area contributed by atoms with E-state index in [0.29, 0.717) is 11.4 Å². The Kier molecular flexibility index (Phi) is 5.68. The smallest absolute Gasteiger partial charge is 0.261 e. The lowest BCUT2D eigenvalue weighted by atomic mass is 9.75. The normalized spacial score (nSPS) is 14.2. The van der Waals surface area contributed by atoms with Gasteiger partial charge in [0.2, 0.25) is 5.88 Å². The minimum atomic E-state index is -0.359. The number of rotatable bonds is 4. The molecule has 2 N–H and O–H groups in total. The zero-order chi connectivity index (χ0) is 18.2. The van der Waals surface area contributed by atoms with Gasteiger partial charge in [-0.15, -0.1) is 0 Å². The Morgan fingerprint density at radius 3 is 2.00 bits per heavy atom. The molecule has 0 bridgehead atoms. The maximum Gasteiger partial charge on any atom is 0.261 e. The van der Waals surface area contributed by atoms with Gasteiger partial charge in [-0.25, -0.2) is 0 Å². The van der Waals surface area contributed by atoms with Crippen LogP contribution in [0.3, 0.4) is 0 Å². The third-order valence-corrected chi connectivity index (χ3v) is 4.21. The van der Waals surface area contributed by atoms with Crippen LogP contribution in [0.25, 0.3) is 0 Å². The summed E-state index contributed by atoms with van der Waals surface area (Å²) in [5.41, 5.74) is 0.0971. The van der Waals surface area contributed by atoms with Gasteiger partial charge in [-0.2, -0.15) is 10.9 Å². The van der Waals surface area contributed by atoms with Crippen LogP contribution in [0.1, 0.15) is 92.0 Å². The van der Waals surface area contributed by atoms with E-state index in [0.717, 1.165) is 6.42 Å². The molecule has 1 heterocycles. The molecule has 132 valence electrons. The number of hydrogen-bond acceptors (Lipinski definition) is 4. The maximum atomic E-state index is 13.4. The van der Waals surface area contributed by atoms with Gasteiger partial charge in [0, 0.05) is 11.5 Å². The zero-order valence-electron chi connectivity index (χ0n) is 16.2. The Morgan fingerprint density at radius 1 is 1.17 bits per heavy atom. The van der Waals surface area contributed by atoms with Gasteiger partial charge in [0.1, 0.15) is 5.82 Å². The van der Waals surface area contributed by atoms with Crippen molar-refractivity contribution in [2.45, 2.75) is 86.1 Å². The Balaban J connectivity index is 3.89. The van der Waals surface area contributed by atoms with E-state index in [9.17, 15) is 4.79 Å². The summed E-state index contributed by atoms with van der Waals surface area (Å²) >= 11 is 0. The van der Waals surface area contributed by atoms with E-state index in [1.165, 1.54) is 0 Å². The van der Waals surface area contributed by atoms with Crippen LogP contribution < -0.4 is 16.3 Å². The van der Waals surface area contributed by atoms with Gasteiger partial charge >= 0.3 is 0 Å². The lowest BCUT2D eigenvalue weighted by molar-refractivity contribution is 0.263.